The number of hydrogen-bond donors (Lipinski definition) is 0. The molecule has 1 aromatic heterocycles. The molecule has 0 N–H and O–H groups in total. The second-order valence-electron chi connectivity index (χ2n) is 9.67. The number of aryl methyl sites for hydroxylation is 2. The lowest BCUT2D eigenvalue weighted by Crippen LogP contribution is -2.40. The molecule has 1 fully saturated rings. The molecule has 0 amide bonds. The Kier molecular flexibility index (Phi) is 6.89. The molecule has 5 heteroatoms. The van der Waals surface area contributed by atoms with E-state index in [1.807, 2.05) is 27.3 Å². The molecule has 0 saturated carbocycles. The molecule has 1 saturated heterocycles. The van der Waals surface area contributed by atoms with Crippen LogP contribution in [0.5, 0.6) is 0 Å². The van der Waals surface area contributed by atoms with E-state index in [-0.39, 0.29) is 17.8 Å². The van der Waals surface area contributed by atoms with Crippen LogP contribution in [0.2, 0.25) is 0 Å². The van der Waals surface area contributed by atoms with Gasteiger partial charge in [-0.2, -0.15) is 0 Å². The van der Waals surface area contributed by atoms with Crippen LogP contribution < -0.4 is 5.69 Å². The van der Waals surface area contributed by atoms with Crippen LogP contribution in [-0.2, 0) is 11.3 Å². The lowest BCUT2D eigenvalue weighted by molar-refractivity contribution is 0.152. The number of ether oxygens (including phenoxy) is 1. The number of methoxy groups -OCH3 is 1. The maximum absolute atomic E-state index is 13.5. The normalized spacial score (nSPS) is 15.3. The van der Waals surface area contributed by atoms with Crippen LogP contribution in [-0.4, -0.2) is 40.8 Å². The highest BCUT2D eigenvalue weighted by Gasteiger charge is 2.31. The second kappa shape index (κ2) is 10.2. The molecule has 5 nitrogen and oxygen atoms in total. The van der Waals surface area contributed by atoms with E-state index in [1.165, 1.54) is 22.3 Å². The van der Waals surface area contributed by atoms with E-state index in [1.54, 1.807) is 7.11 Å². The van der Waals surface area contributed by atoms with E-state index in [2.05, 4.69) is 73.3 Å². The Labute approximate surface area is 207 Å². The van der Waals surface area contributed by atoms with Crippen molar-refractivity contribution in [2.24, 2.45) is 0 Å². The highest BCUT2D eigenvalue weighted by molar-refractivity contribution is 5.76. The molecule has 0 spiro atoms. The molecule has 182 valence electrons. The smallest absolute Gasteiger partial charge is 0.329 e. The SMILES string of the molecule is COCCn1c(=O)n(C2CCN(C(c3ccccc3C)c3ccccc3C)CC2)c2ccccc21. The summed E-state index contributed by atoms with van der Waals surface area (Å²) in [6.07, 6.45) is 1.90. The van der Waals surface area contributed by atoms with Crippen LogP contribution in [0.15, 0.2) is 77.6 Å². The molecule has 1 aliphatic heterocycles. The first-order valence-corrected chi connectivity index (χ1v) is 12.6. The number of para-hydroxylation sites is 2. The fourth-order valence-corrected chi connectivity index (χ4v) is 5.73. The predicted octanol–water partition coefficient (Wildman–Crippen LogP) is 5.49. The lowest BCUT2D eigenvalue weighted by Gasteiger charge is -2.39. The van der Waals surface area contributed by atoms with Crippen molar-refractivity contribution in [3.05, 3.63) is 106 Å². The maximum Gasteiger partial charge on any atom is 0.329 e. The summed E-state index contributed by atoms with van der Waals surface area (Å²) < 4.78 is 9.18. The molecule has 0 atom stereocenters. The summed E-state index contributed by atoms with van der Waals surface area (Å²) in [5.41, 5.74) is 7.48. The highest BCUT2D eigenvalue weighted by Crippen LogP contribution is 2.36. The van der Waals surface area contributed by atoms with Crippen LogP contribution in [0.3, 0.4) is 0 Å². The summed E-state index contributed by atoms with van der Waals surface area (Å²) in [7, 11) is 1.68. The summed E-state index contributed by atoms with van der Waals surface area (Å²) in [6, 6.07) is 26.1. The van der Waals surface area contributed by atoms with E-state index in [0.717, 1.165) is 37.0 Å². The minimum absolute atomic E-state index is 0.0797. The number of imidazole rings is 1. The Morgan fingerprint density at radius 1 is 0.829 bits per heavy atom. The minimum atomic E-state index is 0.0797. The van der Waals surface area contributed by atoms with Crippen molar-refractivity contribution in [3.63, 3.8) is 0 Å². The Balaban J connectivity index is 1.46. The van der Waals surface area contributed by atoms with E-state index in [0.29, 0.717) is 13.2 Å². The van der Waals surface area contributed by atoms with Gasteiger partial charge in [0.25, 0.3) is 0 Å². The van der Waals surface area contributed by atoms with Crippen molar-refractivity contribution in [2.75, 3.05) is 26.8 Å². The summed E-state index contributed by atoms with van der Waals surface area (Å²) in [4.78, 5) is 16.1. The molecular weight excluding hydrogens is 434 g/mol. The van der Waals surface area contributed by atoms with E-state index in [9.17, 15) is 4.79 Å². The van der Waals surface area contributed by atoms with Crippen LogP contribution in [0.4, 0.5) is 0 Å². The van der Waals surface area contributed by atoms with Gasteiger partial charge in [0, 0.05) is 26.2 Å². The number of aromatic nitrogens is 2. The van der Waals surface area contributed by atoms with Gasteiger partial charge >= 0.3 is 5.69 Å². The second-order valence-corrected chi connectivity index (χ2v) is 9.67. The minimum Gasteiger partial charge on any atom is -0.383 e. The first kappa shape index (κ1) is 23.6. The third kappa shape index (κ3) is 4.46. The zero-order valence-corrected chi connectivity index (χ0v) is 21.0. The van der Waals surface area contributed by atoms with Crippen LogP contribution in [0.25, 0.3) is 11.0 Å². The number of likely N-dealkylation sites (tertiary alicyclic amines) is 1. The number of fused-ring (bicyclic) bond motifs is 1. The molecule has 0 radical (unpaired) electrons. The monoisotopic (exact) mass is 469 g/mol. The molecule has 1 aliphatic rings. The van der Waals surface area contributed by atoms with Crippen molar-refractivity contribution in [2.45, 2.75) is 45.3 Å². The Morgan fingerprint density at radius 2 is 1.37 bits per heavy atom. The van der Waals surface area contributed by atoms with Crippen LogP contribution in [0.1, 0.15) is 47.2 Å². The summed E-state index contributed by atoms with van der Waals surface area (Å²) >= 11 is 0. The third-order valence-corrected chi connectivity index (χ3v) is 7.58. The number of nitrogens with zero attached hydrogens (tertiary/aromatic N) is 3. The number of benzene rings is 3. The van der Waals surface area contributed by atoms with Gasteiger partial charge < -0.3 is 4.74 Å². The van der Waals surface area contributed by atoms with Crippen molar-refractivity contribution < 1.29 is 4.74 Å². The van der Waals surface area contributed by atoms with Gasteiger partial charge in [-0.25, -0.2) is 4.79 Å². The van der Waals surface area contributed by atoms with Crippen LogP contribution >= 0.6 is 0 Å². The van der Waals surface area contributed by atoms with Crippen molar-refractivity contribution in [1.82, 2.24) is 14.0 Å². The van der Waals surface area contributed by atoms with Crippen LogP contribution in [0, 0.1) is 13.8 Å². The van der Waals surface area contributed by atoms with Gasteiger partial charge in [0.15, 0.2) is 0 Å². The summed E-state index contributed by atoms with van der Waals surface area (Å²) in [6.45, 7) is 7.42. The average Bonchev–Trinajstić information content (AvgIpc) is 3.16. The molecule has 0 aliphatic carbocycles. The Hall–Kier alpha value is -3.15. The Morgan fingerprint density at radius 3 is 1.94 bits per heavy atom. The van der Waals surface area contributed by atoms with Crippen molar-refractivity contribution >= 4 is 11.0 Å². The fourth-order valence-electron chi connectivity index (χ4n) is 5.73. The zero-order chi connectivity index (χ0) is 24.4. The molecule has 5 rings (SSSR count). The van der Waals surface area contributed by atoms with E-state index < -0.39 is 0 Å². The zero-order valence-electron chi connectivity index (χ0n) is 21.0. The molecule has 2 heterocycles. The highest BCUT2D eigenvalue weighted by atomic mass is 16.5. The first-order chi connectivity index (χ1) is 17.1. The largest absolute Gasteiger partial charge is 0.383 e. The first-order valence-electron chi connectivity index (χ1n) is 12.6. The lowest BCUT2D eigenvalue weighted by atomic mass is 9.89. The molecular formula is C30H35N3O2. The molecule has 0 bridgehead atoms. The van der Waals surface area contributed by atoms with Crippen molar-refractivity contribution in [3.8, 4) is 0 Å². The fraction of sp³-hybridized carbons (Fsp3) is 0.367. The number of piperidine rings is 1. The molecule has 0 unspecified atom stereocenters. The topological polar surface area (TPSA) is 39.4 Å². The number of rotatable bonds is 7. The van der Waals surface area contributed by atoms with Gasteiger partial charge in [-0.15, -0.1) is 0 Å². The molecule has 3 aromatic carbocycles. The molecule has 35 heavy (non-hydrogen) atoms. The van der Waals surface area contributed by atoms with Gasteiger partial charge in [-0.3, -0.25) is 14.0 Å². The summed E-state index contributed by atoms with van der Waals surface area (Å²) in [5, 5.41) is 0. The Bertz CT molecular complexity index is 1320. The van der Waals surface area contributed by atoms with Gasteiger partial charge in [0.1, 0.15) is 0 Å². The summed E-state index contributed by atoms with van der Waals surface area (Å²) in [5.74, 6) is 0. The van der Waals surface area contributed by atoms with Gasteiger partial charge in [0.2, 0.25) is 0 Å². The average molecular weight is 470 g/mol. The van der Waals surface area contributed by atoms with Crippen molar-refractivity contribution in [1.29, 1.82) is 0 Å². The van der Waals surface area contributed by atoms with Gasteiger partial charge in [-0.05, 0) is 61.1 Å². The third-order valence-electron chi connectivity index (χ3n) is 7.58. The number of hydrogen-bond acceptors (Lipinski definition) is 3. The standard InChI is InChI=1S/C30H35N3O2/c1-22-10-4-6-12-25(22)29(26-13-7-5-11-23(26)2)31-18-16-24(17-19-31)33-28-15-9-8-14-27(28)32(30(33)34)20-21-35-3/h4-15,24,29H,16-21H2,1-3H3. The van der Waals surface area contributed by atoms with Gasteiger partial charge in [0.05, 0.1) is 30.2 Å². The van der Waals surface area contributed by atoms with Gasteiger partial charge in [-0.1, -0.05) is 60.7 Å². The quantitative estimate of drug-likeness (QED) is 0.359. The predicted molar refractivity (Wildman–Crippen MR) is 142 cm³/mol. The van der Waals surface area contributed by atoms with E-state index >= 15 is 0 Å². The maximum atomic E-state index is 13.5. The molecule has 4 aromatic rings. The van der Waals surface area contributed by atoms with E-state index in [4.69, 9.17) is 4.74 Å².